The molecule has 0 amide bonds. The fraction of sp³-hybridized carbons (Fsp3) is 0.438. The van der Waals surface area contributed by atoms with Gasteiger partial charge < -0.3 is 14.6 Å². The first kappa shape index (κ1) is 14.8. The number of ether oxygens (including phenoxy) is 1. The first-order chi connectivity index (χ1) is 9.83. The van der Waals surface area contributed by atoms with Crippen molar-refractivity contribution in [3.63, 3.8) is 0 Å². The summed E-state index contributed by atoms with van der Waals surface area (Å²) >= 11 is 0. The number of hydrogen-bond acceptors (Lipinski definition) is 3. The van der Waals surface area contributed by atoms with E-state index in [1.807, 2.05) is 6.07 Å². The zero-order valence-corrected chi connectivity index (χ0v) is 12.3. The average Bonchev–Trinajstić information content (AvgIpc) is 2.79. The third-order valence-corrected chi connectivity index (χ3v) is 3.32. The second-order valence-electron chi connectivity index (χ2n) is 4.78. The summed E-state index contributed by atoms with van der Waals surface area (Å²) in [5, 5.41) is 3.32. The highest BCUT2D eigenvalue weighted by Gasteiger charge is 2.04. The Morgan fingerprint density at radius 1 is 1.25 bits per heavy atom. The molecule has 0 fully saturated rings. The molecule has 2 aromatic rings. The quantitative estimate of drug-likeness (QED) is 0.592. The van der Waals surface area contributed by atoms with Gasteiger partial charge in [0.1, 0.15) is 5.82 Å². The molecule has 0 aliphatic heterocycles. The number of rotatable bonds is 8. The van der Waals surface area contributed by atoms with Crippen LogP contribution in [-0.2, 0) is 18.2 Å². The van der Waals surface area contributed by atoms with Crippen LogP contribution in [0.5, 0.6) is 0 Å². The molecule has 2 rings (SSSR count). The number of methoxy groups -OCH3 is 1. The summed E-state index contributed by atoms with van der Waals surface area (Å²) in [4.78, 5) is 4.65. The van der Waals surface area contributed by atoms with Crippen molar-refractivity contribution in [2.24, 2.45) is 7.05 Å². The highest BCUT2D eigenvalue weighted by molar-refractivity contribution is 5.75. The molecule has 1 N–H and O–H groups in total. The van der Waals surface area contributed by atoms with E-state index in [9.17, 15) is 0 Å². The van der Waals surface area contributed by atoms with Crippen LogP contribution in [-0.4, -0.2) is 36.4 Å². The Morgan fingerprint density at radius 3 is 2.90 bits per heavy atom. The summed E-state index contributed by atoms with van der Waals surface area (Å²) in [5.74, 6) is 1.11. The standard InChI is InChI=1S/C16H23N3O/c1-19-15-9-6-5-8-14(15)18-16(19)10-4-3-7-11-17-12-13-20-2/h3-6,8-9,17H,7,10-13H2,1-2H3. The van der Waals surface area contributed by atoms with Gasteiger partial charge in [0, 0.05) is 27.1 Å². The molecule has 0 saturated carbocycles. The van der Waals surface area contributed by atoms with Gasteiger partial charge in [0.05, 0.1) is 17.6 Å². The molecule has 0 atom stereocenters. The number of imidazole rings is 1. The fourth-order valence-corrected chi connectivity index (χ4v) is 2.17. The number of hydrogen-bond donors (Lipinski definition) is 1. The molecule has 0 aliphatic carbocycles. The SMILES string of the molecule is COCCNCCC=CCc1nc2ccccc2n1C. The molecule has 1 aromatic heterocycles. The number of nitrogens with one attached hydrogen (secondary N) is 1. The molecule has 0 spiro atoms. The smallest absolute Gasteiger partial charge is 0.113 e. The normalized spacial score (nSPS) is 11.7. The summed E-state index contributed by atoms with van der Waals surface area (Å²) in [6.45, 7) is 2.67. The van der Waals surface area contributed by atoms with Crippen molar-refractivity contribution < 1.29 is 4.74 Å². The molecule has 20 heavy (non-hydrogen) atoms. The van der Waals surface area contributed by atoms with Crippen LogP contribution in [0.4, 0.5) is 0 Å². The van der Waals surface area contributed by atoms with E-state index in [0.29, 0.717) is 0 Å². The highest BCUT2D eigenvalue weighted by Crippen LogP contribution is 2.14. The van der Waals surface area contributed by atoms with Gasteiger partial charge in [0.2, 0.25) is 0 Å². The van der Waals surface area contributed by atoms with E-state index in [1.165, 1.54) is 5.52 Å². The van der Waals surface area contributed by atoms with Crippen molar-refractivity contribution in [1.82, 2.24) is 14.9 Å². The number of aromatic nitrogens is 2. The Bertz CT molecular complexity index is 560. The van der Waals surface area contributed by atoms with Gasteiger partial charge in [-0.25, -0.2) is 4.98 Å². The van der Waals surface area contributed by atoms with Gasteiger partial charge in [0.15, 0.2) is 0 Å². The van der Waals surface area contributed by atoms with Crippen LogP contribution in [0.2, 0.25) is 0 Å². The van der Waals surface area contributed by atoms with Crippen molar-refractivity contribution in [2.45, 2.75) is 12.8 Å². The number of nitrogens with zero attached hydrogens (tertiary/aromatic N) is 2. The van der Waals surface area contributed by atoms with Gasteiger partial charge in [-0.2, -0.15) is 0 Å². The van der Waals surface area contributed by atoms with Crippen molar-refractivity contribution in [2.75, 3.05) is 26.8 Å². The van der Waals surface area contributed by atoms with Crippen LogP contribution in [0.3, 0.4) is 0 Å². The minimum atomic E-state index is 0.767. The largest absolute Gasteiger partial charge is 0.383 e. The molecule has 0 radical (unpaired) electrons. The molecule has 4 nitrogen and oxygen atoms in total. The van der Waals surface area contributed by atoms with E-state index < -0.39 is 0 Å². The van der Waals surface area contributed by atoms with Gasteiger partial charge in [-0.15, -0.1) is 0 Å². The minimum absolute atomic E-state index is 0.767. The minimum Gasteiger partial charge on any atom is -0.383 e. The van der Waals surface area contributed by atoms with E-state index in [0.717, 1.165) is 43.9 Å². The van der Waals surface area contributed by atoms with Gasteiger partial charge >= 0.3 is 0 Å². The monoisotopic (exact) mass is 273 g/mol. The van der Waals surface area contributed by atoms with Crippen LogP contribution in [0.15, 0.2) is 36.4 Å². The Labute approximate surface area is 120 Å². The average molecular weight is 273 g/mol. The Kier molecular flexibility index (Phi) is 5.77. The first-order valence-corrected chi connectivity index (χ1v) is 7.08. The molecular weight excluding hydrogens is 250 g/mol. The molecule has 0 unspecified atom stereocenters. The number of para-hydroxylation sites is 2. The van der Waals surface area contributed by atoms with Gasteiger partial charge in [-0.3, -0.25) is 0 Å². The number of benzene rings is 1. The lowest BCUT2D eigenvalue weighted by atomic mass is 10.3. The summed E-state index contributed by atoms with van der Waals surface area (Å²) < 4.78 is 7.14. The molecular formula is C16H23N3O. The van der Waals surface area contributed by atoms with E-state index in [2.05, 4.69) is 52.3 Å². The van der Waals surface area contributed by atoms with E-state index in [1.54, 1.807) is 7.11 Å². The lowest BCUT2D eigenvalue weighted by molar-refractivity contribution is 0.199. The zero-order chi connectivity index (χ0) is 14.2. The van der Waals surface area contributed by atoms with Gasteiger partial charge in [-0.05, 0) is 25.1 Å². The predicted octanol–water partition coefficient (Wildman–Crippen LogP) is 2.30. The first-order valence-electron chi connectivity index (χ1n) is 7.08. The second kappa shape index (κ2) is 7.82. The molecule has 0 bridgehead atoms. The lowest BCUT2D eigenvalue weighted by Crippen LogP contribution is -2.19. The third kappa shape index (κ3) is 3.92. The third-order valence-electron chi connectivity index (χ3n) is 3.32. The lowest BCUT2D eigenvalue weighted by Gasteiger charge is -2.01. The molecule has 1 aromatic carbocycles. The van der Waals surface area contributed by atoms with Crippen LogP contribution in [0, 0.1) is 0 Å². The maximum atomic E-state index is 4.98. The van der Waals surface area contributed by atoms with Crippen molar-refractivity contribution in [3.05, 3.63) is 42.2 Å². The van der Waals surface area contributed by atoms with Crippen LogP contribution < -0.4 is 5.32 Å². The molecule has 0 saturated heterocycles. The van der Waals surface area contributed by atoms with Crippen LogP contribution in [0.25, 0.3) is 11.0 Å². The second-order valence-corrected chi connectivity index (χ2v) is 4.78. The summed E-state index contributed by atoms with van der Waals surface area (Å²) in [6, 6.07) is 8.24. The summed E-state index contributed by atoms with van der Waals surface area (Å²) in [5.41, 5.74) is 2.26. The summed E-state index contributed by atoms with van der Waals surface area (Å²) in [7, 11) is 3.79. The van der Waals surface area contributed by atoms with Crippen LogP contribution >= 0.6 is 0 Å². The van der Waals surface area contributed by atoms with Crippen molar-refractivity contribution in [3.8, 4) is 0 Å². The van der Waals surface area contributed by atoms with Crippen molar-refractivity contribution >= 4 is 11.0 Å². The van der Waals surface area contributed by atoms with E-state index >= 15 is 0 Å². The Balaban J connectivity index is 1.79. The Hall–Kier alpha value is -1.65. The molecule has 0 aliphatic rings. The number of fused-ring (bicyclic) bond motifs is 1. The topological polar surface area (TPSA) is 39.1 Å². The number of aryl methyl sites for hydroxylation is 1. The predicted molar refractivity (Wildman–Crippen MR) is 82.9 cm³/mol. The fourth-order valence-electron chi connectivity index (χ4n) is 2.17. The van der Waals surface area contributed by atoms with Crippen molar-refractivity contribution in [1.29, 1.82) is 0 Å². The maximum Gasteiger partial charge on any atom is 0.113 e. The van der Waals surface area contributed by atoms with Gasteiger partial charge in [0.25, 0.3) is 0 Å². The van der Waals surface area contributed by atoms with E-state index in [4.69, 9.17) is 4.74 Å². The van der Waals surface area contributed by atoms with Crippen LogP contribution in [0.1, 0.15) is 12.2 Å². The zero-order valence-electron chi connectivity index (χ0n) is 12.3. The molecule has 4 heteroatoms. The molecule has 108 valence electrons. The van der Waals surface area contributed by atoms with E-state index in [-0.39, 0.29) is 0 Å². The number of allylic oxidation sites excluding steroid dienone is 1. The molecule has 1 heterocycles. The maximum absolute atomic E-state index is 4.98. The Morgan fingerprint density at radius 2 is 2.10 bits per heavy atom. The summed E-state index contributed by atoms with van der Waals surface area (Å²) in [6.07, 6.45) is 6.31. The highest BCUT2D eigenvalue weighted by atomic mass is 16.5. The van der Waals surface area contributed by atoms with Gasteiger partial charge in [-0.1, -0.05) is 24.3 Å².